The third kappa shape index (κ3) is 7.23. The van der Waals surface area contributed by atoms with E-state index in [0.29, 0.717) is 31.3 Å². The molecule has 0 unspecified atom stereocenters. The summed E-state index contributed by atoms with van der Waals surface area (Å²) in [5, 5.41) is 0. The number of unbranched alkanes of at least 4 members (excludes halogenated alkanes) is 5. The molecule has 0 amide bonds. The Balaban J connectivity index is 1.76. The van der Waals surface area contributed by atoms with Gasteiger partial charge in [0.15, 0.2) is 6.29 Å². The summed E-state index contributed by atoms with van der Waals surface area (Å²) in [6.07, 6.45) is 8.76. The minimum Gasteiger partial charge on any atom is -0.462 e. The summed E-state index contributed by atoms with van der Waals surface area (Å²) in [4.78, 5) is 11.8. The van der Waals surface area contributed by atoms with Gasteiger partial charge in [-0.3, -0.25) is 0 Å². The lowest BCUT2D eigenvalue weighted by molar-refractivity contribution is -0.207. The van der Waals surface area contributed by atoms with E-state index in [2.05, 4.69) is 6.92 Å². The van der Waals surface area contributed by atoms with Crippen molar-refractivity contribution in [1.82, 2.24) is 0 Å². The number of esters is 1. The van der Waals surface area contributed by atoms with Crippen LogP contribution in [-0.2, 0) is 14.2 Å². The van der Waals surface area contributed by atoms with Gasteiger partial charge in [0.2, 0.25) is 0 Å². The van der Waals surface area contributed by atoms with Crippen LogP contribution in [-0.4, -0.2) is 25.8 Å². The fourth-order valence-electron chi connectivity index (χ4n) is 3.23. The standard InChI is InChI=1S/C22H33FO4/c1-3-5-6-7-8-9-10-17-15-26-22(27-16-17)19-12-11-18(14-20(19)23)21(24)25-13-4-2/h11-12,14,17,22H,3-10,13,15-16H2,1-2H3. The van der Waals surface area contributed by atoms with Crippen molar-refractivity contribution in [2.24, 2.45) is 5.92 Å². The summed E-state index contributed by atoms with van der Waals surface area (Å²) in [6, 6.07) is 4.31. The molecule has 1 aromatic carbocycles. The van der Waals surface area contributed by atoms with Gasteiger partial charge >= 0.3 is 5.97 Å². The number of hydrogen-bond donors (Lipinski definition) is 0. The summed E-state index contributed by atoms with van der Waals surface area (Å²) in [7, 11) is 0. The minimum atomic E-state index is -0.702. The molecule has 0 radical (unpaired) electrons. The van der Waals surface area contributed by atoms with Crippen molar-refractivity contribution in [3.8, 4) is 0 Å². The molecule has 0 saturated carbocycles. The number of carbonyl (C=O) groups is 1. The van der Waals surface area contributed by atoms with Crippen LogP contribution in [0.1, 0.15) is 87.4 Å². The first-order valence-corrected chi connectivity index (χ1v) is 10.4. The van der Waals surface area contributed by atoms with Gasteiger partial charge in [0.05, 0.1) is 25.4 Å². The number of rotatable bonds is 11. The van der Waals surface area contributed by atoms with Crippen LogP contribution in [0.4, 0.5) is 4.39 Å². The van der Waals surface area contributed by atoms with Gasteiger partial charge in [0, 0.05) is 11.5 Å². The third-order valence-electron chi connectivity index (χ3n) is 4.86. The Hall–Kier alpha value is -1.46. The molecule has 0 N–H and O–H groups in total. The summed E-state index contributed by atoms with van der Waals surface area (Å²) < 4.78 is 30.9. The van der Waals surface area contributed by atoms with Gasteiger partial charge in [-0.15, -0.1) is 0 Å². The molecule has 0 aromatic heterocycles. The summed E-state index contributed by atoms with van der Waals surface area (Å²) >= 11 is 0. The van der Waals surface area contributed by atoms with Crippen molar-refractivity contribution in [1.29, 1.82) is 0 Å². The van der Waals surface area contributed by atoms with Crippen LogP contribution >= 0.6 is 0 Å². The second-order valence-corrected chi connectivity index (χ2v) is 7.29. The molecule has 5 heteroatoms. The molecule has 2 rings (SSSR count). The van der Waals surface area contributed by atoms with E-state index < -0.39 is 18.1 Å². The summed E-state index contributed by atoms with van der Waals surface area (Å²) in [6.45, 7) is 5.63. The fourth-order valence-corrected chi connectivity index (χ4v) is 3.23. The predicted octanol–water partition coefficient (Wildman–Crippen LogP) is 5.80. The third-order valence-corrected chi connectivity index (χ3v) is 4.86. The number of hydrogen-bond acceptors (Lipinski definition) is 4. The molecular formula is C22H33FO4. The maximum atomic E-state index is 14.4. The molecular weight excluding hydrogens is 347 g/mol. The smallest absolute Gasteiger partial charge is 0.338 e. The van der Waals surface area contributed by atoms with Crippen LogP contribution in [0.3, 0.4) is 0 Å². The first-order valence-electron chi connectivity index (χ1n) is 10.4. The molecule has 1 saturated heterocycles. The van der Waals surface area contributed by atoms with E-state index in [1.54, 1.807) is 12.1 Å². The van der Waals surface area contributed by atoms with Crippen molar-refractivity contribution < 1.29 is 23.4 Å². The van der Waals surface area contributed by atoms with Gasteiger partial charge < -0.3 is 14.2 Å². The average Bonchev–Trinajstić information content (AvgIpc) is 2.69. The minimum absolute atomic E-state index is 0.210. The number of benzene rings is 1. The summed E-state index contributed by atoms with van der Waals surface area (Å²) in [5.74, 6) is -0.633. The van der Waals surface area contributed by atoms with Gasteiger partial charge in [-0.2, -0.15) is 0 Å². The Morgan fingerprint density at radius 2 is 1.78 bits per heavy atom. The zero-order valence-electron chi connectivity index (χ0n) is 16.7. The van der Waals surface area contributed by atoms with Crippen LogP contribution in [0.5, 0.6) is 0 Å². The maximum Gasteiger partial charge on any atom is 0.338 e. The van der Waals surface area contributed by atoms with Crippen molar-refractivity contribution in [3.63, 3.8) is 0 Å². The van der Waals surface area contributed by atoms with Crippen molar-refractivity contribution in [2.45, 2.75) is 71.5 Å². The highest BCUT2D eigenvalue weighted by atomic mass is 19.1. The first kappa shape index (κ1) is 21.8. The van der Waals surface area contributed by atoms with Gasteiger partial charge in [-0.1, -0.05) is 58.4 Å². The van der Waals surface area contributed by atoms with Crippen LogP contribution < -0.4 is 0 Å². The highest BCUT2D eigenvalue weighted by Crippen LogP contribution is 2.29. The lowest BCUT2D eigenvalue weighted by Gasteiger charge is -2.30. The molecule has 0 aliphatic carbocycles. The van der Waals surface area contributed by atoms with E-state index in [0.717, 1.165) is 12.8 Å². The topological polar surface area (TPSA) is 44.8 Å². The van der Waals surface area contributed by atoms with Gasteiger partial charge in [-0.05, 0) is 25.0 Å². The maximum absolute atomic E-state index is 14.4. The molecule has 1 aliphatic heterocycles. The SMILES string of the molecule is CCCCCCCCC1COC(c2ccc(C(=O)OCCC)cc2F)OC1. The number of ether oxygens (including phenoxy) is 3. The molecule has 1 aliphatic rings. The molecule has 0 atom stereocenters. The quantitative estimate of drug-likeness (QED) is 0.359. The Bertz CT molecular complexity index is 567. The molecule has 1 fully saturated rings. The zero-order chi connectivity index (χ0) is 19.5. The normalized spacial score (nSPS) is 19.8. The molecule has 27 heavy (non-hydrogen) atoms. The molecule has 0 bridgehead atoms. The van der Waals surface area contributed by atoms with E-state index in [4.69, 9.17) is 14.2 Å². The fraction of sp³-hybridized carbons (Fsp3) is 0.682. The Morgan fingerprint density at radius 1 is 1.07 bits per heavy atom. The van der Waals surface area contributed by atoms with E-state index >= 15 is 0 Å². The van der Waals surface area contributed by atoms with Crippen molar-refractivity contribution in [2.75, 3.05) is 19.8 Å². The van der Waals surface area contributed by atoms with Crippen LogP contribution in [0, 0.1) is 11.7 Å². The molecule has 1 heterocycles. The number of carbonyl (C=O) groups excluding carboxylic acids is 1. The van der Waals surface area contributed by atoms with Crippen LogP contribution in [0.15, 0.2) is 18.2 Å². The monoisotopic (exact) mass is 380 g/mol. The Morgan fingerprint density at radius 3 is 2.44 bits per heavy atom. The highest BCUT2D eigenvalue weighted by Gasteiger charge is 2.26. The van der Waals surface area contributed by atoms with Crippen LogP contribution in [0.25, 0.3) is 0 Å². The van der Waals surface area contributed by atoms with E-state index in [1.165, 1.54) is 44.6 Å². The average molecular weight is 381 g/mol. The van der Waals surface area contributed by atoms with Gasteiger partial charge in [-0.25, -0.2) is 9.18 Å². The predicted molar refractivity (Wildman–Crippen MR) is 103 cm³/mol. The van der Waals surface area contributed by atoms with Crippen molar-refractivity contribution >= 4 is 5.97 Å². The Kier molecular flexibility index (Phi) is 9.78. The highest BCUT2D eigenvalue weighted by molar-refractivity contribution is 5.89. The second kappa shape index (κ2) is 12.1. The lowest BCUT2D eigenvalue weighted by Crippen LogP contribution is -2.27. The molecule has 0 spiro atoms. The van der Waals surface area contributed by atoms with E-state index in [1.807, 2.05) is 6.92 Å². The van der Waals surface area contributed by atoms with Gasteiger partial charge in [0.25, 0.3) is 0 Å². The van der Waals surface area contributed by atoms with E-state index in [-0.39, 0.29) is 5.56 Å². The summed E-state index contributed by atoms with van der Waals surface area (Å²) in [5.41, 5.74) is 0.543. The largest absolute Gasteiger partial charge is 0.462 e. The van der Waals surface area contributed by atoms with Crippen molar-refractivity contribution in [3.05, 3.63) is 35.1 Å². The van der Waals surface area contributed by atoms with E-state index in [9.17, 15) is 9.18 Å². The van der Waals surface area contributed by atoms with Gasteiger partial charge in [0.1, 0.15) is 5.82 Å². The first-order chi connectivity index (χ1) is 13.2. The second-order valence-electron chi connectivity index (χ2n) is 7.29. The van der Waals surface area contributed by atoms with Crippen LogP contribution in [0.2, 0.25) is 0 Å². The zero-order valence-corrected chi connectivity index (χ0v) is 16.7. The Labute approximate surface area is 162 Å². The molecule has 1 aromatic rings. The molecule has 152 valence electrons. The lowest BCUT2D eigenvalue weighted by atomic mass is 10.0. The number of halogens is 1. The molecule has 4 nitrogen and oxygen atoms in total.